The summed E-state index contributed by atoms with van der Waals surface area (Å²) in [6, 6.07) is 23.7. The predicted octanol–water partition coefficient (Wildman–Crippen LogP) is 6.94. The van der Waals surface area contributed by atoms with E-state index in [4.69, 9.17) is 14.2 Å². The van der Waals surface area contributed by atoms with Gasteiger partial charge in [-0.2, -0.15) is 0 Å². The van der Waals surface area contributed by atoms with Crippen molar-refractivity contribution >= 4 is 17.7 Å². The van der Waals surface area contributed by atoms with Gasteiger partial charge in [0.2, 0.25) is 5.91 Å². The molecule has 1 aliphatic carbocycles. The normalized spacial score (nSPS) is 13.5. The number of carbonyl (C=O) groups excluding carboxylic acids is 1. The number of hydrogen-bond acceptors (Lipinski definition) is 7. The number of thioether (sulfide) groups is 1. The van der Waals surface area contributed by atoms with Gasteiger partial charge in [-0.05, 0) is 73.9 Å². The average Bonchev–Trinajstić information content (AvgIpc) is 3.43. The van der Waals surface area contributed by atoms with Gasteiger partial charge >= 0.3 is 0 Å². The van der Waals surface area contributed by atoms with Gasteiger partial charge < -0.3 is 19.1 Å². The van der Waals surface area contributed by atoms with E-state index in [2.05, 4.69) is 17.1 Å². The van der Waals surface area contributed by atoms with Crippen molar-refractivity contribution in [3.63, 3.8) is 0 Å². The summed E-state index contributed by atoms with van der Waals surface area (Å²) >= 11 is 1.43. The maximum absolute atomic E-state index is 13.3. The van der Waals surface area contributed by atoms with E-state index in [0.29, 0.717) is 34.9 Å². The molecule has 0 bridgehead atoms. The maximum Gasteiger partial charge on any atom is 0.233 e. The first-order valence-electron chi connectivity index (χ1n) is 14.5. The van der Waals surface area contributed by atoms with Crippen molar-refractivity contribution in [2.45, 2.75) is 56.6 Å². The van der Waals surface area contributed by atoms with Crippen LogP contribution < -0.4 is 14.2 Å². The number of nitrogens with zero attached hydrogens (tertiary/aromatic N) is 4. The summed E-state index contributed by atoms with van der Waals surface area (Å²) in [6.45, 7) is 2.80. The Bertz CT molecular complexity index is 1450. The highest BCUT2D eigenvalue weighted by molar-refractivity contribution is 7.99. The fourth-order valence-corrected chi connectivity index (χ4v) is 6.33. The lowest BCUT2D eigenvalue weighted by Gasteiger charge is -2.33. The molecule has 0 N–H and O–H groups in total. The minimum absolute atomic E-state index is 0.150. The average molecular weight is 587 g/mol. The van der Waals surface area contributed by atoms with Crippen molar-refractivity contribution in [3.8, 4) is 28.7 Å². The summed E-state index contributed by atoms with van der Waals surface area (Å²) in [4.78, 5) is 15.4. The first-order valence-corrected chi connectivity index (χ1v) is 15.5. The zero-order valence-electron chi connectivity index (χ0n) is 24.5. The molecule has 0 spiro atoms. The van der Waals surface area contributed by atoms with Crippen LogP contribution in [0.5, 0.6) is 23.0 Å². The van der Waals surface area contributed by atoms with Crippen molar-refractivity contribution in [2.24, 2.45) is 0 Å². The molecule has 0 unspecified atom stereocenters. The van der Waals surface area contributed by atoms with Crippen molar-refractivity contribution in [1.29, 1.82) is 0 Å². The summed E-state index contributed by atoms with van der Waals surface area (Å²) in [5, 5.41) is 9.79. The van der Waals surface area contributed by atoms with Crippen LogP contribution in [0.1, 0.15) is 50.4 Å². The molecular weight excluding hydrogens is 548 g/mol. The van der Waals surface area contributed by atoms with E-state index < -0.39 is 0 Å². The van der Waals surface area contributed by atoms with E-state index in [1.165, 1.54) is 31.0 Å². The number of para-hydroxylation sites is 1. The number of methoxy groups -OCH3 is 2. The van der Waals surface area contributed by atoms with E-state index in [0.717, 1.165) is 48.0 Å². The smallest absolute Gasteiger partial charge is 0.233 e. The van der Waals surface area contributed by atoms with Crippen LogP contribution in [-0.2, 0) is 11.2 Å². The lowest BCUT2D eigenvalue weighted by atomic mass is 9.94. The standard InChI is InChI=1S/C33H38N4O4S/c1-4-36(25-11-7-5-8-12-25)32(38)23-42-33-35-34-31(22-24-15-20-29(39-2)30(21-24)40-3)37(33)26-16-18-28(19-17-26)41-27-13-9-6-10-14-27/h6,9-10,13-21,25H,4-5,7-8,11-12,22-23H2,1-3H3. The van der Waals surface area contributed by atoms with Crippen LogP contribution in [0.25, 0.3) is 5.69 Å². The molecule has 1 fully saturated rings. The molecular formula is C33H38N4O4S. The minimum atomic E-state index is 0.150. The molecule has 0 atom stereocenters. The number of aromatic nitrogens is 3. The Morgan fingerprint density at radius 1 is 0.905 bits per heavy atom. The second-order valence-corrected chi connectivity index (χ2v) is 11.2. The number of carbonyl (C=O) groups is 1. The Balaban J connectivity index is 1.40. The largest absolute Gasteiger partial charge is 0.493 e. The molecule has 0 saturated heterocycles. The van der Waals surface area contributed by atoms with Gasteiger partial charge in [-0.25, -0.2) is 0 Å². The highest BCUT2D eigenvalue weighted by atomic mass is 32.2. The number of benzene rings is 3. The van der Waals surface area contributed by atoms with Crippen molar-refractivity contribution in [1.82, 2.24) is 19.7 Å². The van der Waals surface area contributed by atoms with Gasteiger partial charge in [0.15, 0.2) is 16.7 Å². The summed E-state index contributed by atoms with van der Waals surface area (Å²) in [7, 11) is 3.25. The second-order valence-electron chi connectivity index (χ2n) is 10.3. The number of rotatable bonds is 12. The Kier molecular flexibility index (Phi) is 10.0. The Morgan fingerprint density at radius 3 is 2.31 bits per heavy atom. The van der Waals surface area contributed by atoms with E-state index in [1.807, 2.05) is 82.3 Å². The molecule has 8 nitrogen and oxygen atoms in total. The maximum atomic E-state index is 13.3. The fourth-order valence-electron chi connectivity index (χ4n) is 5.47. The van der Waals surface area contributed by atoms with Gasteiger partial charge in [-0.1, -0.05) is 55.3 Å². The Labute approximate surface area is 252 Å². The SMILES string of the molecule is CCN(C(=O)CSc1nnc(Cc2ccc(OC)c(OC)c2)n1-c1ccc(Oc2ccccc2)cc1)C1CCCCC1. The van der Waals surface area contributed by atoms with Crippen LogP contribution in [0, 0.1) is 0 Å². The molecule has 1 saturated carbocycles. The van der Waals surface area contributed by atoms with E-state index in [1.54, 1.807) is 14.2 Å². The third-order valence-corrected chi connectivity index (χ3v) is 8.50. The van der Waals surface area contributed by atoms with Crippen LogP contribution in [0.2, 0.25) is 0 Å². The summed E-state index contributed by atoms with van der Waals surface area (Å²) in [5.74, 6) is 4.06. The zero-order valence-corrected chi connectivity index (χ0v) is 25.3. The van der Waals surface area contributed by atoms with E-state index >= 15 is 0 Å². The van der Waals surface area contributed by atoms with Gasteiger partial charge in [0.05, 0.1) is 20.0 Å². The van der Waals surface area contributed by atoms with Gasteiger partial charge in [0.25, 0.3) is 0 Å². The first kappa shape index (κ1) is 29.5. The fraction of sp³-hybridized carbons (Fsp3) is 0.364. The third kappa shape index (κ3) is 7.07. The monoisotopic (exact) mass is 586 g/mol. The highest BCUT2D eigenvalue weighted by Gasteiger charge is 2.25. The van der Waals surface area contributed by atoms with Gasteiger partial charge in [0, 0.05) is 24.7 Å². The second kappa shape index (κ2) is 14.3. The van der Waals surface area contributed by atoms with Crippen LogP contribution in [0.15, 0.2) is 78.0 Å². The third-order valence-electron chi connectivity index (χ3n) is 7.59. The number of hydrogen-bond donors (Lipinski definition) is 0. The Morgan fingerprint density at radius 2 is 1.62 bits per heavy atom. The first-order chi connectivity index (χ1) is 20.6. The summed E-state index contributed by atoms with van der Waals surface area (Å²) in [5.41, 5.74) is 1.90. The molecule has 1 amide bonds. The van der Waals surface area contributed by atoms with Crippen LogP contribution in [0.4, 0.5) is 0 Å². The lowest BCUT2D eigenvalue weighted by molar-refractivity contribution is -0.131. The molecule has 0 aliphatic heterocycles. The highest BCUT2D eigenvalue weighted by Crippen LogP contribution is 2.31. The summed E-state index contributed by atoms with van der Waals surface area (Å²) < 4.78 is 19.0. The molecule has 1 aliphatic rings. The number of ether oxygens (including phenoxy) is 3. The van der Waals surface area contributed by atoms with E-state index in [9.17, 15) is 4.79 Å². The predicted molar refractivity (Wildman–Crippen MR) is 165 cm³/mol. The lowest BCUT2D eigenvalue weighted by Crippen LogP contribution is -2.42. The van der Waals surface area contributed by atoms with E-state index in [-0.39, 0.29) is 5.91 Å². The quantitative estimate of drug-likeness (QED) is 0.166. The van der Waals surface area contributed by atoms with Crippen molar-refractivity contribution < 1.29 is 19.0 Å². The molecule has 5 rings (SSSR count). The molecule has 3 aromatic carbocycles. The molecule has 1 aromatic heterocycles. The van der Waals surface area contributed by atoms with Gasteiger partial charge in [0.1, 0.15) is 17.3 Å². The molecule has 42 heavy (non-hydrogen) atoms. The van der Waals surface area contributed by atoms with Gasteiger partial charge in [-0.3, -0.25) is 9.36 Å². The molecule has 1 heterocycles. The molecule has 0 radical (unpaired) electrons. The zero-order chi connectivity index (χ0) is 29.3. The number of amides is 1. The van der Waals surface area contributed by atoms with Crippen molar-refractivity contribution in [2.75, 3.05) is 26.5 Å². The van der Waals surface area contributed by atoms with Crippen LogP contribution in [0.3, 0.4) is 0 Å². The molecule has 4 aromatic rings. The van der Waals surface area contributed by atoms with Crippen molar-refractivity contribution in [3.05, 3.63) is 84.2 Å². The minimum Gasteiger partial charge on any atom is -0.493 e. The Hall–Kier alpha value is -3.98. The molecule has 220 valence electrons. The van der Waals surface area contributed by atoms with Crippen LogP contribution in [-0.4, -0.2) is 58.1 Å². The topological polar surface area (TPSA) is 78.7 Å². The molecule has 9 heteroatoms. The summed E-state index contributed by atoms with van der Waals surface area (Å²) in [6.07, 6.45) is 6.35. The van der Waals surface area contributed by atoms with Crippen LogP contribution >= 0.6 is 11.8 Å². The van der Waals surface area contributed by atoms with Gasteiger partial charge in [-0.15, -0.1) is 10.2 Å².